The average Bonchev–Trinajstić information content (AvgIpc) is 2.25. The van der Waals surface area contributed by atoms with E-state index in [2.05, 4.69) is 11.9 Å². The van der Waals surface area contributed by atoms with Crippen LogP contribution in [0.2, 0.25) is 0 Å². The third-order valence-electron chi connectivity index (χ3n) is 2.56. The zero-order valence-electron chi connectivity index (χ0n) is 10.2. The first-order valence-corrected chi connectivity index (χ1v) is 7.56. The van der Waals surface area contributed by atoms with Crippen LogP contribution in [-0.4, -0.2) is 56.9 Å². The number of sulfone groups is 1. The first kappa shape index (κ1) is 14.2. The molecule has 0 spiro atoms. The van der Waals surface area contributed by atoms with Gasteiger partial charge >= 0.3 is 0 Å². The van der Waals surface area contributed by atoms with E-state index in [9.17, 15) is 13.2 Å². The first-order valence-electron chi connectivity index (χ1n) is 5.74. The van der Waals surface area contributed by atoms with E-state index in [1.165, 1.54) is 0 Å². The molecular formula is C11H20N2O3S. The van der Waals surface area contributed by atoms with E-state index in [1.54, 1.807) is 11.8 Å². The molecule has 1 amide bonds. The molecule has 0 saturated carbocycles. The van der Waals surface area contributed by atoms with Crippen LogP contribution in [0.3, 0.4) is 0 Å². The normalized spacial score (nSPS) is 16.9. The summed E-state index contributed by atoms with van der Waals surface area (Å²) in [6, 6.07) is 0. The SMILES string of the molecule is C=C(C)CS(=O)(=O)CCC(=O)N1CCNCC1. The van der Waals surface area contributed by atoms with Gasteiger partial charge in [0.15, 0.2) is 9.84 Å². The molecule has 0 bridgehead atoms. The van der Waals surface area contributed by atoms with E-state index in [1.807, 2.05) is 0 Å². The Balaban J connectivity index is 2.39. The Kier molecular flexibility index (Phi) is 5.14. The smallest absolute Gasteiger partial charge is 0.223 e. The molecule has 1 saturated heterocycles. The van der Waals surface area contributed by atoms with Gasteiger partial charge in [-0.1, -0.05) is 12.2 Å². The molecule has 98 valence electrons. The van der Waals surface area contributed by atoms with Crippen molar-refractivity contribution in [1.29, 1.82) is 0 Å². The van der Waals surface area contributed by atoms with Crippen molar-refractivity contribution in [3.05, 3.63) is 12.2 Å². The minimum absolute atomic E-state index is 0.0260. The number of piperazine rings is 1. The van der Waals surface area contributed by atoms with E-state index >= 15 is 0 Å². The summed E-state index contributed by atoms with van der Waals surface area (Å²) in [6.45, 7) is 8.15. The van der Waals surface area contributed by atoms with Crippen molar-refractivity contribution in [1.82, 2.24) is 10.2 Å². The molecule has 6 heteroatoms. The van der Waals surface area contributed by atoms with E-state index < -0.39 is 9.84 Å². The van der Waals surface area contributed by atoms with Crippen molar-refractivity contribution in [3.63, 3.8) is 0 Å². The number of carbonyl (C=O) groups is 1. The average molecular weight is 260 g/mol. The lowest BCUT2D eigenvalue weighted by molar-refractivity contribution is -0.131. The summed E-state index contributed by atoms with van der Waals surface area (Å²) in [5.41, 5.74) is 0.611. The minimum atomic E-state index is -3.18. The number of carbonyl (C=O) groups excluding carboxylic acids is 1. The lowest BCUT2D eigenvalue weighted by Gasteiger charge is -2.27. The molecule has 0 aromatic heterocycles. The van der Waals surface area contributed by atoms with Gasteiger partial charge in [0.2, 0.25) is 5.91 Å². The van der Waals surface area contributed by atoms with Crippen molar-refractivity contribution in [2.24, 2.45) is 0 Å². The number of nitrogens with one attached hydrogen (secondary N) is 1. The Morgan fingerprint density at radius 3 is 2.47 bits per heavy atom. The van der Waals surface area contributed by atoms with E-state index in [-0.39, 0.29) is 23.8 Å². The molecule has 17 heavy (non-hydrogen) atoms. The van der Waals surface area contributed by atoms with Crippen LogP contribution in [0, 0.1) is 0 Å². The Bertz CT molecular complexity index is 384. The van der Waals surface area contributed by atoms with Crippen molar-refractivity contribution >= 4 is 15.7 Å². The van der Waals surface area contributed by atoms with Crippen molar-refractivity contribution in [2.45, 2.75) is 13.3 Å². The maximum atomic E-state index is 11.7. The second-order valence-electron chi connectivity index (χ2n) is 4.43. The van der Waals surface area contributed by atoms with Crippen LogP contribution in [-0.2, 0) is 14.6 Å². The van der Waals surface area contributed by atoms with Gasteiger partial charge < -0.3 is 10.2 Å². The second kappa shape index (κ2) is 6.16. The molecule has 0 unspecified atom stereocenters. The minimum Gasteiger partial charge on any atom is -0.340 e. The largest absolute Gasteiger partial charge is 0.340 e. The topological polar surface area (TPSA) is 66.5 Å². The van der Waals surface area contributed by atoms with Gasteiger partial charge in [-0.25, -0.2) is 8.42 Å². The van der Waals surface area contributed by atoms with Gasteiger partial charge in [-0.3, -0.25) is 4.79 Å². The highest BCUT2D eigenvalue weighted by Gasteiger charge is 2.19. The Morgan fingerprint density at radius 1 is 1.35 bits per heavy atom. The molecule has 1 fully saturated rings. The summed E-state index contributed by atoms with van der Waals surface area (Å²) in [5, 5.41) is 3.14. The maximum absolute atomic E-state index is 11.7. The molecule has 0 aliphatic carbocycles. The Labute approximate surface area is 103 Å². The van der Waals surface area contributed by atoms with Gasteiger partial charge in [0, 0.05) is 32.6 Å². The highest BCUT2D eigenvalue weighted by molar-refractivity contribution is 7.91. The molecule has 0 aromatic carbocycles. The van der Waals surface area contributed by atoms with Gasteiger partial charge in [0.05, 0.1) is 11.5 Å². The zero-order chi connectivity index (χ0) is 12.9. The number of hydrogen-bond donors (Lipinski definition) is 1. The Morgan fingerprint density at radius 2 is 1.94 bits per heavy atom. The second-order valence-corrected chi connectivity index (χ2v) is 6.61. The van der Waals surface area contributed by atoms with Crippen molar-refractivity contribution < 1.29 is 13.2 Å². The molecule has 0 atom stereocenters. The molecular weight excluding hydrogens is 240 g/mol. The summed E-state index contributed by atoms with van der Waals surface area (Å²) in [7, 11) is -3.18. The van der Waals surface area contributed by atoms with Crippen molar-refractivity contribution in [2.75, 3.05) is 37.7 Å². The number of rotatable bonds is 5. The van der Waals surface area contributed by atoms with Crippen LogP contribution in [0.15, 0.2) is 12.2 Å². The van der Waals surface area contributed by atoms with Crippen LogP contribution < -0.4 is 5.32 Å². The molecule has 1 heterocycles. The monoisotopic (exact) mass is 260 g/mol. The van der Waals surface area contributed by atoms with Gasteiger partial charge in [-0.15, -0.1) is 0 Å². The highest BCUT2D eigenvalue weighted by Crippen LogP contribution is 2.03. The summed E-state index contributed by atoms with van der Waals surface area (Å²) in [6.07, 6.45) is 0.0790. The Hall–Kier alpha value is -0.880. The van der Waals surface area contributed by atoms with Crippen LogP contribution >= 0.6 is 0 Å². The fraction of sp³-hybridized carbons (Fsp3) is 0.727. The predicted molar refractivity (Wildman–Crippen MR) is 67.5 cm³/mol. The van der Waals surface area contributed by atoms with Crippen LogP contribution in [0.25, 0.3) is 0 Å². The summed E-state index contributed by atoms with van der Waals surface area (Å²) in [4.78, 5) is 13.5. The molecule has 1 aliphatic rings. The predicted octanol–water partition coefficient (Wildman–Crippen LogP) is -0.201. The molecule has 0 aromatic rings. The van der Waals surface area contributed by atoms with Crippen LogP contribution in [0.4, 0.5) is 0 Å². The van der Waals surface area contributed by atoms with Crippen LogP contribution in [0.5, 0.6) is 0 Å². The van der Waals surface area contributed by atoms with Crippen molar-refractivity contribution in [3.8, 4) is 0 Å². The number of amides is 1. The third-order valence-corrected chi connectivity index (χ3v) is 4.32. The quantitative estimate of drug-likeness (QED) is 0.695. The van der Waals surface area contributed by atoms with E-state index in [0.717, 1.165) is 13.1 Å². The molecule has 0 radical (unpaired) electrons. The van der Waals surface area contributed by atoms with Gasteiger partial charge in [0.1, 0.15) is 0 Å². The lowest BCUT2D eigenvalue weighted by atomic mass is 10.3. The highest BCUT2D eigenvalue weighted by atomic mass is 32.2. The summed E-state index contributed by atoms with van der Waals surface area (Å²) >= 11 is 0. The fourth-order valence-corrected chi connectivity index (χ4v) is 3.14. The maximum Gasteiger partial charge on any atom is 0.223 e. The molecule has 5 nitrogen and oxygen atoms in total. The number of hydrogen-bond acceptors (Lipinski definition) is 4. The van der Waals surface area contributed by atoms with E-state index in [0.29, 0.717) is 18.7 Å². The van der Waals surface area contributed by atoms with E-state index in [4.69, 9.17) is 0 Å². The third kappa shape index (κ3) is 5.32. The zero-order valence-corrected chi connectivity index (χ0v) is 11.1. The number of nitrogens with zero attached hydrogens (tertiary/aromatic N) is 1. The summed E-state index contributed by atoms with van der Waals surface area (Å²) < 4.78 is 23.2. The van der Waals surface area contributed by atoms with Crippen LogP contribution in [0.1, 0.15) is 13.3 Å². The fourth-order valence-electron chi connectivity index (χ4n) is 1.76. The van der Waals surface area contributed by atoms with Gasteiger partial charge in [-0.05, 0) is 6.92 Å². The van der Waals surface area contributed by atoms with Gasteiger partial charge in [-0.2, -0.15) is 0 Å². The molecule has 1 N–H and O–H groups in total. The standard InChI is InChI=1S/C11H20N2O3S/c1-10(2)9-17(15,16)8-3-11(14)13-6-4-12-5-7-13/h12H,1,3-9H2,2H3. The first-order chi connectivity index (χ1) is 7.91. The van der Waals surface area contributed by atoms with Gasteiger partial charge in [0.25, 0.3) is 0 Å². The molecule has 1 aliphatic heterocycles. The summed E-state index contributed by atoms with van der Waals surface area (Å²) in [5.74, 6) is -0.179. The lowest BCUT2D eigenvalue weighted by Crippen LogP contribution is -2.46. The molecule has 1 rings (SSSR count).